The summed E-state index contributed by atoms with van der Waals surface area (Å²) < 4.78 is 11.2. The monoisotopic (exact) mass is 487 g/mol. The Morgan fingerprint density at radius 1 is 0.722 bits per heavy atom. The molecule has 0 saturated carbocycles. The van der Waals surface area contributed by atoms with Crippen LogP contribution in [0.5, 0.6) is 11.5 Å². The van der Waals surface area contributed by atoms with E-state index >= 15 is 0 Å². The molecule has 0 unspecified atom stereocenters. The van der Waals surface area contributed by atoms with E-state index in [-0.39, 0.29) is 0 Å². The van der Waals surface area contributed by atoms with Crippen molar-refractivity contribution in [1.29, 1.82) is 0 Å². The van der Waals surface area contributed by atoms with Gasteiger partial charge in [0.15, 0.2) is 0 Å². The van der Waals surface area contributed by atoms with Gasteiger partial charge in [-0.15, -0.1) is 0 Å². The fourth-order valence-corrected chi connectivity index (χ4v) is 3.73. The van der Waals surface area contributed by atoms with E-state index in [1.54, 1.807) is 42.6 Å². The molecule has 0 aliphatic rings. The lowest BCUT2D eigenvalue weighted by molar-refractivity contribution is 0.0734. The smallest absolute Gasteiger partial charge is 0.345 e. The molecule has 1 aromatic heterocycles. The van der Waals surface area contributed by atoms with Gasteiger partial charge in [-0.1, -0.05) is 64.7 Å². The minimum Gasteiger partial charge on any atom is -0.494 e. The standard InChI is InChI=1S/C30H37N3O3/c1-2-3-4-5-6-7-8-9-10-11-23-35-28-18-14-26(15-19-28)32-33-27-16-20-29(21-17-27)36-30(34)25-13-12-22-31-24-25/h12-22,24H,2-11,23H2,1H3. The molecule has 1 heterocycles. The molecule has 0 aliphatic carbocycles. The average Bonchev–Trinajstić information content (AvgIpc) is 2.92. The zero-order chi connectivity index (χ0) is 25.3. The van der Waals surface area contributed by atoms with Crippen LogP contribution in [0.1, 0.15) is 81.5 Å². The number of aromatic nitrogens is 1. The van der Waals surface area contributed by atoms with Gasteiger partial charge < -0.3 is 9.47 Å². The molecular formula is C30H37N3O3. The van der Waals surface area contributed by atoms with E-state index in [4.69, 9.17) is 9.47 Å². The van der Waals surface area contributed by atoms with Gasteiger partial charge >= 0.3 is 5.97 Å². The molecule has 36 heavy (non-hydrogen) atoms. The van der Waals surface area contributed by atoms with E-state index in [0.29, 0.717) is 17.0 Å². The minimum atomic E-state index is -0.451. The highest BCUT2D eigenvalue weighted by molar-refractivity contribution is 5.90. The lowest BCUT2D eigenvalue weighted by Gasteiger charge is -2.06. The topological polar surface area (TPSA) is 73.1 Å². The molecule has 190 valence electrons. The van der Waals surface area contributed by atoms with Gasteiger partial charge in [-0.3, -0.25) is 4.98 Å². The first-order valence-corrected chi connectivity index (χ1v) is 13.1. The van der Waals surface area contributed by atoms with Gasteiger partial charge in [0, 0.05) is 12.4 Å². The number of rotatable bonds is 16. The number of hydrogen-bond donors (Lipinski definition) is 0. The van der Waals surface area contributed by atoms with Crippen molar-refractivity contribution in [3.63, 3.8) is 0 Å². The molecular weight excluding hydrogens is 450 g/mol. The second kappa shape index (κ2) is 16.2. The molecule has 6 heteroatoms. The molecule has 0 spiro atoms. The van der Waals surface area contributed by atoms with E-state index in [1.165, 1.54) is 64.0 Å². The van der Waals surface area contributed by atoms with Crippen molar-refractivity contribution in [2.75, 3.05) is 6.61 Å². The lowest BCUT2D eigenvalue weighted by atomic mass is 10.1. The van der Waals surface area contributed by atoms with Crippen LogP contribution in [0.2, 0.25) is 0 Å². The summed E-state index contributed by atoms with van der Waals surface area (Å²) in [5, 5.41) is 8.52. The Kier molecular flexibility index (Phi) is 12.2. The summed E-state index contributed by atoms with van der Waals surface area (Å²) in [5.74, 6) is 0.837. The van der Waals surface area contributed by atoms with Gasteiger partial charge in [0.2, 0.25) is 0 Å². The highest BCUT2D eigenvalue weighted by Crippen LogP contribution is 2.23. The average molecular weight is 488 g/mol. The zero-order valence-corrected chi connectivity index (χ0v) is 21.3. The molecule has 3 rings (SSSR count). The maximum atomic E-state index is 12.1. The molecule has 0 radical (unpaired) electrons. The van der Waals surface area contributed by atoms with Crippen LogP contribution in [0, 0.1) is 0 Å². The summed E-state index contributed by atoms with van der Waals surface area (Å²) in [6.07, 6.45) is 16.3. The first-order valence-electron chi connectivity index (χ1n) is 13.1. The van der Waals surface area contributed by atoms with Crippen molar-refractivity contribution in [1.82, 2.24) is 4.98 Å². The Bertz CT molecular complexity index is 1040. The van der Waals surface area contributed by atoms with Crippen molar-refractivity contribution >= 4 is 17.3 Å². The van der Waals surface area contributed by atoms with Gasteiger partial charge in [-0.25, -0.2) is 4.79 Å². The Labute approximate surface area is 214 Å². The number of ether oxygens (including phenoxy) is 2. The lowest BCUT2D eigenvalue weighted by Crippen LogP contribution is -2.08. The second-order valence-electron chi connectivity index (χ2n) is 8.85. The highest BCUT2D eigenvalue weighted by Gasteiger charge is 2.08. The molecule has 0 aliphatic heterocycles. The number of hydrogen-bond acceptors (Lipinski definition) is 6. The largest absolute Gasteiger partial charge is 0.494 e. The Balaban J connectivity index is 1.31. The number of pyridine rings is 1. The Morgan fingerprint density at radius 2 is 1.28 bits per heavy atom. The summed E-state index contributed by atoms with van der Waals surface area (Å²) in [6.45, 7) is 3.01. The molecule has 0 N–H and O–H groups in total. The molecule has 2 aromatic carbocycles. The van der Waals surface area contributed by atoms with Crippen LogP contribution in [0.25, 0.3) is 0 Å². The number of esters is 1. The summed E-state index contributed by atoms with van der Waals surface area (Å²) in [4.78, 5) is 16.0. The van der Waals surface area contributed by atoms with Gasteiger partial charge in [0.1, 0.15) is 11.5 Å². The number of azo groups is 1. The van der Waals surface area contributed by atoms with Gasteiger partial charge in [0.05, 0.1) is 23.5 Å². The third-order valence-corrected chi connectivity index (χ3v) is 5.83. The van der Waals surface area contributed by atoms with Crippen LogP contribution in [0.15, 0.2) is 83.3 Å². The van der Waals surface area contributed by atoms with E-state index in [2.05, 4.69) is 22.1 Å². The summed E-state index contributed by atoms with van der Waals surface area (Å²) in [7, 11) is 0. The first kappa shape index (κ1) is 27.1. The maximum absolute atomic E-state index is 12.1. The van der Waals surface area contributed by atoms with Gasteiger partial charge in [-0.05, 0) is 67.1 Å². The van der Waals surface area contributed by atoms with Crippen LogP contribution in [0.4, 0.5) is 11.4 Å². The zero-order valence-electron chi connectivity index (χ0n) is 21.3. The predicted molar refractivity (Wildman–Crippen MR) is 144 cm³/mol. The SMILES string of the molecule is CCCCCCCCCCCCOc1ccc(N=Nc2ccc(OC(=O)c3cccnc3)cc2)cc1. The fourth-order valence-electron chi connectivity index (χ4n) is 3.73. The van der Waals surface area contributed by atoms with Crippen molar-refractivity contribution in [3.05, 3.63) is 78.6 Å². The molecule has 6 nitrogen and oxygen atoms in total. The molecule has 3 aromatic rings. The summed E-state index contributed by atoms with van der Waals surface area (Å²) in [6, 6.07) is 17.8. The predicted octanol–water partition coefficient (Wildman–Crippen LogP) is 9.02. The number of carbonyl (C=O) groups is 1. The molecule has 0 saturated heterocycles. The third kappa shape index (κ3) is 10.4. The van der Waals surface area contributed by atoms with Crippen LogP contribution >= 0.6 is 0 Å². The van der Waals surface area contributed by atoms with E-state index in [1.807, 2.05) is 24.3 Å². The van der Waals surface area contributed by atoms with Crippen LogP contribution in [0.3, 0.4) is 0 Å². The van der Waals surface area contributed by atoms with Gasteiger partial charge in [0.25, 0.3) is 0 Å². The summed E-state index contributed by atoms with van der Waals surface area (Å²) in [5.41, 5.74) is 1.81. The van der Waals surface area contributed by atoms with Crippen LogP contribution < -0.4 is 9.47 Å². The van der Waals surface area contributed by atoms with Crippen molar-refractivity contribution < 1.29 is 14.3 Å². The Morgan fingerprint density at radius 3 is 1.83 bits per heavy atom. The maximum Gasteiger partial charge on any atom is 0.345 e. The first-order chi connectivity index (χ1) is 17.7. The third-order valence-electron chi connectivity index (χ3n) is 5.83. The summed E-state index contributed by atoms with van der Waals surface area (Å²) >= 11 is 0. The van der Waals surface area contributed by atoms with Gasteiger partial charge in [-0.2, -0.15) is 10.2 Å². The molecule has 0 bridgehead atoms. The van der Waals surface area contributed by atoms with Crippen LogP contribution in [-0.2, 0) is 0 Å². The number of nitrogens with zero attached hydrogens (tertiary/aromatic N) is 3. The highest BCUT2D eigenvalue weighted by atomic mass is 16.5. The van der Waals surface area contributed by atoms with Crippen molar-refractivity contribution in [2.45, 2.75) is 71.1 Å². The number of carbonyl (C=O) groups excluding carboxylic acids is 1. The van der Waals surface area contributed by atoms with Crippen LogP contribution in [-0.4, -0.2) is 17.6 Å². The normalized spacial score (nSPS) is 11.0. The number of unbranched alkanes of at least 4 members (excludes halogenated alkanes) is 9. The van der Waals surface area contributed by atoms with E-state index in [9.17, 15) is 4.79 Å². The fraction of sp³-hybridized carbons (Fsp3) is 0.400. The number of benzene rings is 2. The Hall–Kier alpha value is -3.54. The van der Waals surface area contributed by atoms with Crippen molar-refractivity contribution in [3.8, 4) is 11.5 Å². The minimum absolute atomic E-state index is 0.400. The van der Waals surface area contributed by atoms with E-state index < -0.39 is 5.97 Å². The quantitative estimate of drug-likeness (QED) is 0.0874. The molecule has 0 atom stereocenters. The second-order valence-corrected chi connectivity index (χ2v) is 8.85. The molecule has 0 amide bonds. The molecule has 0 fully saturated rings. The van der Waals surface area contributed by atoms with Crippen molar-refractivity contribution in [2.24, 2.45) is 10.2 Å². The van der Waals surface area contributed by atoms with E-state index in [0.717, 1.165) is 24.5 Å².